The average Bonchev–Trinajstić information content (AvgIpc) is 3.02. The maximum atomic E-state index is 11.8. The van der Waals surface area contributed by atoms with Crippen molar-refractivity contribution in [1.29, 1.82) is 0 Å². The second kappa shape index (κ2) is 8.10. The second-order valence-corrected chi connectivity index (χ2v) is 10.5. The summed E-state index contributed by atoms with van der Waals surface area (Å²) in [6.45, 7) is 5.57. The Labute approximate surface area is 159 Å². The summed E-state index contributed by atoms with van der Waals surface area (Å²) < 4.78 is 25.2. The molecule has 3 rings (SSSR count). The van der Waals surface area contributed by atoms with Crippen LogP contribution in [-0.4, -0.2) is 47.0 Å². The van der Waals surface area contributed by atoms with E-state index in [-0.39, 0.29) is 0 Å². The minimum absolute atomic E-state index is 0.293. The zero-order valence-electron chi connectivity index (χ0n) is 15.6. The van der Waals surface area contributed by atoms with Gasteiger partial charge in [0, 0.05) is 31.9 Å². The van der Waals surface area contributed by atoms with E-state index in [4.69, 9.17) is 4.98 Å². The summed E-state index contributed by atoms with van der Waals surface area (Å²) in [6.07, 6.45) is 10.4. The molecule has 1 saturated heterocycles. The van der Waals surface area contributed by atoms with Gasteiger partial charge in [0.15, 0.2) is 0 Å². The molecule has 1 fully saturated rings. The average molecular weight is 395 g/mol. The van der Waals surface area contributed by atoms with Crippen LogP contribution >= 0.6 is 11.3 Å². The third-order valence-electron chi connectivity index (χ3n) is 4.52. The molecule has 142 valence electrons. The fourth-order valence-electron chi connectivity index (χ4n) is 3.29. The summed E-state index contributed by atoms with van der Waals surface area (Å²) in [5.74, 6) is 0.872. The van der Waals surface area contributed by atoms with Crippen LogP contribution in [0.5, 0.6) is 0 Å². The first-order chi connectivity index (χ1) is 12.3. The van der Waals surface area contributed by atoms with E-state index in [1.165, 1.54) is 6.26 Å². The van der Waals surface area contributed by atoms with Crippen LogP contribution in [0.1, 0.15) is 37.4 Å². The highest BCUT2D eigenvalue weighted by Gasteiger charge is 2.26. The van der Waals surface area contributed by atoms with Crippen LogP contribution in [0.25, 0.3) is 10.6 Å². The Morgan fingerprint density at radius 3 is 2.85 bits per heavy atom. The summed E-state index contributed by atoms with van der Waals surface area (Å²) in [6, 6.07) is 0. The highest BCUT2D eigenvalue weighted by molar-refractivity contribution is 7.88. The lowest BCUT2D eigenvalue weighted by Gasteiger charge is -2.30. The lowest BCUT2D eigenvalue weighted by atomic mass is 9.95. The summed E-state index contributed by atoms with van der Waals surface area (Å²) in [5.41, 5.74) is 1.77. The van der Waals surface area contributed by atoms with E-state index in [0.29, 0.717) is 24.9 Å². The maximum absolute atomic E-state index is 11.8. The van der Waals surface area contributed by atoms with E-state index in [1.807, 2.05) is 6.20 Å². The first-order valence-corrected chi connectivity index (χ1v) is 11.7. The molecule has 1 unspecified atom stereocenters. The predicted molar refractivity (Wildman–Crippen MR) is 105 cm³/mol. The second-order valence-electron chi connectivity index (χ2n) is 7.45. The van der Waals surface area contributed by atoms with Crippen molar-refractivity contribution in [2.45, 2.75) is 39.5 Å². The number of sulfonamides is 1. The summed E-state index contributed by atoms with van der Waals surface area (Å²) in [5, 5.41) is 1.12. The van der Waals surface area contributed by atoms with Crippen LogP contribution in [0.3, 0.4) is 0 Å². The first kappa shape index (κ1) is 19.4. The van der Waals surface area contributed by atoms with Gasteiger partial charge in [-0.05, 0) is 31.1 Å². The Hall–Kier alpha value is -1.38. The molecule has 0 bridgehead atoms. The number of aromatic nitrogens is 3. The van der Waals surface area contributed by atoms with Gasteiger partial charge in [-0.2, -0.15) is 0 Å². The Kier molecular flexibility index (Phi) is 6.04. The fourth-order valence-corrected chi connectivity index (χ4v) is 5.31. The molecular formula is C18H26N4O2S2. The summed E-state index contributed by atoms with van der Waals surface area (Å²) in [7, 11) is -3.12. The molecule has 0 aromatic carbocycles. The Balaban J connectivity index is 1.70. The van der Waals surface area contributed by atoms with Gasteiger partial charge in [-0.25, -0.2) is 22.7 Å². The molecular weight excluding hydrogens is 368 g/mol. The minimum Gasteiger partial charge on any atom is -0.261 e. The number of thiazole rings is 1. The van der Waals surface area contributed by atoms with E-state index < -0.39 is 10.0 Å². The Bertz CT molecular complexity index is 848. The predicted octanol–water partition coefficient (Wildman–Crippen LogP) is 3.01. The Morgan fingerprint density at radius 2 is 2.12 bits per heavy atom. The van der Waals surface area contributed by atoms with Crippen LogP contribution in [0.2, 0.25) is 0 Å². The highest BCUT2D eigenvalue weighted by Crippen LogP contribution is 2.27. The van der Waals surface area contributed by atoms with Gasteiger partial charge < -0.3 is 0 Å². The van der Waals surface area contributed by atoms with E-state index in [2.05, 4.69) is 23.8 Å². The molecule has 0 N–H and O–H groups in total. The number of hydrogen-bond acceptors (Lipinski definition) is 6. The normalized spacial score (nSPS) is 19.2. The van der Waals surface area contributed by atoms with Gasteiger partial charge in [-0.15, -0.1) is 11.3 Å². The molecule has 2 aromatic rings. The van der Waals surface area contributed by atoms with Gasteiger partial charge in [-0.3, -0.25) is 4.98 Å². The van der Waals surface area contributed by atoms with Gasteiger partial charge >= 0.3 is 0 Å². The SMILES string of the molecule is CC(C)Cc1ncc(-c2cncc(CC3CCCN(S(C)(=O)=O)C3)n2)s1. The zero-order chi connectivity index (χ0) is 18.7. The largest absolute Gasteiger partial charge is 0.261 e. The first-order valence-electron chi connectivity index (χ1n) is 9.02. The monoisotopic (exact) mass is 394 g/mol. The lowest BCUT2D eigenvalue weighted by molar-refractivity contribution is 0.265. The number of rotatable bonds is 6. The van der Waals surface area contributed by atoms with Gasteiger partial charge in [0.1, 0.15) is 5.69 Å². The fraction of sp³-hybridized carbons (Fsp3) is 0.611. The lowest BCUT2D eigenvalue weighted by Crippen LogP contribution is -2.39. The van der Waals surface area contributed by atoms with Crippen molar-refractivity contribution in [1.82, 2.24) is 19.3 Å². The quantitative estimate of drug-likeness (QED) is 0.753. The third-order valence-corrected chi connectivity index (χ3v) is 6.83. The maximum Gasteiger partial charge on any atom is 0.211 e. The van der Waals surface area contributed by atoms with Crippen LogP contribution in [0.15, 0.2) is 18.6 Å². The molecule has 0 aliphatic carbocycles. The van der Waals surface area contributed by atoms with Gasteiger partial charge in [-0.1, -0.05) is 13.8 Å². The summed E-state index contributed by atoms with van der Waals surface area (Å²) in [4.78, 5) is 14.6. The highest BCUT2D eigenvalue weighted by atomic mass is 32.2. The molecule has 0 radical (unpaired) electrons. The van der Waals surface area contributed by atoms with Crippen molar-refractivity contribution in [3.8, 4) is 10.6 Å². The van der Waals surface area contributed by atoms with E-state index in [1.54, 1.807) is 28.0 Å². The molecule has 0 saturated carbocycles. The Morgan fingerprint density at radius 1 is 1.31 bits per heavy atom. The van der Waals surface area contributed by atoms with Crippen molar-refractivity contribution in [3.63, 3.8) is 0 Å². The van der Waals surface area contributed by atoms with Gasteiger partial charge in [0.2, 0.25) is 10.0 Å². The van der Waals surface area contributed by atoms with Crippen LogP contribution in [-0.2, 0) is 22.9 Å². The van der Waals surface area contributed by atoms with Crippen molar-refractivity contribution in [2.75, 3.05) is 19.3 Å². The van der Waals surface area contributed by atoms with Crippen LogP contribution < -0.4 is 0 Å². The van der Waals surface area contributed by atoms with Gasteiger partial charge in [0.25, 0.3) is 0 Å². The van der Waals surface area contributed by atoms with Crippen LogP contribution in [0, 0.1) is 11.8 Å². The van der Waals surface area contributed by atoms with Crippen molar-refractivity contribution in [2.24, 2.45) is 11.8 Å². The van der Waals surface area contributed by atoms with E-state index in [0.717, 1.165) is 47.0 Å². The molecule has 0 spiro atoms. The molecule has 26 heavy (non-hydrogen) atoms. The van der Waals surface area contributed by atoms with Crippen molar-refractivity contribution < 1.29 is 8.42 Å². The molecule has 8 heteroatoms. The molecule has 0 amide bonds. The number of piperidine rings is 1. The smallest absolute Gasteiger partial charge is 0.211 e. The number of nitrogens with zero attached hydrogens (tertiary/aromatic N) is 4. The van der Waals surface area contributed by atoms with Gasteiger partial charge in [0.05, 0.1) is 28.0 Å². The summed E-state index contributed by atoms with van der Waals surface area (Å²) >= 11 is 1.67. The topological polar surface area (TPSA) is 76.1 Å². The molecule has 3 heterocycles. The number of hydrogen-bond donors (Lipinski definition) is 0. The third kappa shape index (κ3) is 5.08. The minimum atomic E-state index is -3.12. The molecule has 1 atom stereocenters. The standard InChI is InChI=1S/C18H26N4O2S2/c1-13(2)7-18-20-11-17(25-18)16-10-19-9-15(21-16)8-14-5-4-6-22(12-14)26(3,23)24/h9-11,13-14H,4-8,12H2,1-3H3. The molecule has 6 nitrogen and oxygen atoms in total. The van der Waals surface area contributed by atoms with Crippen molar-refractivity contribution in [3.05, 3.63) is 29.3 Å². The zero-order valence-corrected chi connectivity index (χ0v) is 17.2. The molecule has 2 aromatic heterocycles. The molecule has 1 aliphatic heterocycles. The van der Waals surface area contributed by atoms with Crippen LogP contribution in [0.4, 0.5) is 0 Å². The van der Waals surface area contributed by atoms with Crippen molar-refractivity contribution >= 4 is 21.4 Å². The molecule has 1 aliphatic rings. The van der Waals surface area contributed by atoms with E-state index >= 15 is 0 Å². The van der Waals surface area contributed by atoms with E-state index in [9.17, 15) is 8.42 Å².